The van der Waals surface area contributed by atoms with Crippen LogP contribution in [0.2, 0.25) is 0 Å². The Hall–Kier alpha value is -0.570. The average Bonchev–Trinajstić information content (AvgIpc) is 2.95. The summed E-state index contributed by atoms with van der Waals surface area (Å²) in [7, 11) is 0. The largest absolute Gasteiger partial charge is 0.480 e. The average molecular weight is 213 g/mol. The topological polar surface area (TPSA) is 40.5 Å². The summed E-state index contributed by atoms with van der Waals surface area (Å²) in [6.07, 6.45) is 3.19. The highest BCUT2D eigenvalue weighted by Gasteiger charge is 2.41. The van der Waals surface area contributed by atoms with E-state index in [1.807, 2.05) is 13.8 Å². The van der Waals surface area contributed by atoms with Crippen molar-refractivity contribution in [1.82, 2.24) is 4.90 Å². The minimum atomic E-state index is -0.698. The lowest BCUT2D eigenvalue weighted by atomic mass is 9.94. The number of carboxylic acid groups (broad SMARTS) is 1. The molecular weight excluding hydrogens is 190 g/mol. The number of hydrogen-bond donors (Lipinski definition) is 1. The van der Waals surface area contributed by atoms with Gasteiger partial charge in [-0.3, -0.25) is 9.69 Å². The van der Waals surface area contributed by atoms with Gasteiger partial charge in [0.1, 0.15) is 5.54 Å². The van der Waals surface area contributed by atoms with Crippen LogP contribution in [-0.2, 0) is 4.79 Å². The molecule has 88 valence electrons. The van der Waals surface area contributed by atoms with E-state index in [0.29, 0.717) is 12.5 Å². The van der Waals surface area contributed by atoms with E-state index in [2.05, 4.69) is 18.7 Å². The Bertz CT molecular complexity index is 236. The quantitative estimate of drug-likeness (QED) is 0.736. The van der Waals surface area contributed by atoms with E-state index in [9.17, 15) is 9.90 Å². The zero-order valence-electron chi connectivity index (χ0n) is 10.3. The molecule has 15 heavy (non-hydrogen) atoms. The molecule has 0 aromatic heterocycles. The van der Waals surface area contributed by atoms with Crippen molar-refractivity contribution >= 4 is 5.97 Å². The molecular formula is C12H23NO2. The first-order valence-corrected chi connectivity index (χ1v) is 5.92. The first kappa shape index (κ1) is 12.5. The summed E-state index contributed by atoms with van der Waals surface area (Å²) >= 11 is 0. The maximum atomic E-state index is 11.4. The van der Waals surface area contributed by atoms with Gasteiger partial charge in [-0.15, -0.1) is 0 Å². The summed E-state index contributed by atoms with van der Waals surface area (Å²) in [6.45, 7) is 8.90. The Balaban J connectivity index is 2.78. The highest BCUT2D eigenvalue weighted by Crippen LogP contribution is 2.34. The molecule has 0 saturated heterocycles. The molecule has 1 atom stereocenters. The molecule has 1 aliphatic carbocycles. The predicted octanol–water partition coefficient (Wildman–Crippen LogP) is 2.36. The summed E-state index contributed by atoms with van der Waals surface area (Å²) in [5.41, 5.74) is -0.698. The van der Waals surface area contributed by atoms with Crippen LogP contribution in [-0.4, -0.2) is 34.1 Å². The van der Waals surface area contributed by atoms with Crippen LogP contribution in [0.15, 0.2) is 0 Å². The third-order valence-corrected chi connectivity index (χ3v) is 3.56. The molecule has 0 aliphatic heterocycles. The molecule has 0 spiro atoms. The fraction of sp³-hybridized carbons (Fsp3) is 0.917. The van der Waals surface area contributed by atoms with Crippen molar-refractivity contribution in [3.05, 3.63) is 0 Å². The molecule has 0 aromatic carbocycles. The van der Waals surface area contributed by atoms with Crippen LogP contribution < -0.4 is 0 Å². The van der Waals surface area contributed by atoms with Crippen LogP contribution in [0.5, 0.6) is 0 Å². The third-order valence-electron chi connectivity index (χ3n) is 3.56. The second-order valence-electron chi connectivity index (χ2n) is 5.12. The lowest BCUT2D eigenvalue weighted by Crippen LogP contribution is -2.55. The molecule has 1 aliphatic rings. The van der Waals surface area contributed by atoms with Gasteiger partial charge < -0.3 is 5.11 Å². The molecule has 0 amide bonds. The summed E-state index contributed by atoms with van der Waals surface area (Å²) < 4.78 is 0. The van der Waals surface area contributed by atoms with Gasteiger partial charge in [0.05, 0.1) is 0 Å². The van der Waals surface area contributed by atoms with Gasteiger partial charge in [-0.25, -0.2) is 0 Å². The van der Waals surface area contributed by atoms with Crippen molar-refractivity contribution < 1.29 is 9.90 Å². The Morgan fingerprint density at radius 2 is 2.07 bits per heavy atom. The number of rotatable bonds is 6. The molecule has 3 heteroatoms. The zero-order chi connectivity index (χ0) is 11.6. The number of hydrogen-bond acceptors (Lipinski definition) is 2. The molecule has 3 nitrogen and oxygen atoms in total. The van der Waals surface area contributed by atoms with Gasteiger partial charge in [0.2, 0.25) is 0 Å². The lowest BCUT2D eigenvalue weighted by molar-refractivity contribution is -0.152. The number of nitrogens with zero attached hydrogens (tertiary/aromatic N) is 1. The second kappa shape index (κ2) is 4.52. The van der Waals surface area contributed by atoms with Crippen LogP contribution in [0.3, 0.4) is 0 Å². The van der Waals surface area contributed by atoms with E-state index < -0.39 is 11.5 Å². The molecule has 0 aromatic rings. The molecule has 1 unspecified atom stereocenters. The highest BCUT2D eigenvalue weighted by molar-refractivity contribution is 5.78. The van der Waals surface area contributed by atoms with Crippen molar-refractivity contribution in [3.63, 3.8) is 0 Å². The summed E-state index contributed by atoms with van der Waals surface area (Å²) in [6, 6.07) is 0.298. The first-order valence-electron chi connectivity index (χ1n) is 5.92. The fourth-order valence-electron chi connectivity index (χ4n) is 2.04. The molecule has 0 bridgehead atoms. The van der Waals surface area contributed by atoms with Crippen LogP contribution in [0, 0.1) is 5.92 Å². The summed E-state index contributed by atoms with van der Waals surface area (Å²) in [5.74, 6) is 0.0389. The molecule has 1 rings (SSSR count). The molecule has 0 radical (unpaired) electrons. The van der Waals surface area contributed by atoms with Crippen molar-refractivity contribution in [2.24, 2.45) is 5.92 Å². The van der Waals surface area contributed by atoms with E-state index in [1.54, 1.807) is 0 Å². The van der Waals surface area contributed by atoms with Gasteiger partial charge >= 0.3 is 5.97 Å². The molecule has 1 saturated carbocycles. The lowest BCUT2D eigenvalue weighted by Gasteiger charge is -2.40. The van der Waals surface area contributed by atoms with Crippen molar-refractivity contribution in [3.8, 4) is 0 Å². The standard InChI is InChI=1S/C12H23NO2/c1-5-12(4,11(14)15)13(9(2)3)8-10-6-7-10/h9-10H,5-8H2,1-4H3,(H,14,15). The van der Waals surface area contributed by atoms with Crippen molar-refractivity contribution in [2.45, 2.75) is 58.5 Å². The predicted molar refractivity (Wildman–Crippen MR) is 60.9 cm³/mol. The van der Waals surface area contributed by atoms with E-state index >= 15 is 0 Å². The first-order chi connectivity index (χ1) is 6.91. The SMILES string of the molecule is CCC(C)(C(=O)O)N(CC1CC1)C(C)C. The van der Waals surface area contributed by atoms with Crippen molar-refractivity contribution in [1.29, 1.82) is 0 Å². The van der Waals surface area contributed by atoms with Gasteiger partial charge in [-0.1, -0.05) is 6.92 Å². The zero-order valence-corrected chi connectivity index (χ0v) is 10.3. The summed E-state index contributed by atoms with van der Waals surface area (Å²) in [4.78, 5) is 13.5. The Kier molecular flexibility index (Phi) is 3.77. The maximum Gasteiger partial charge on any atom is 0.323 e. The number of carbonyl (C=O) groups is 1. The fourth-order valence-corrected chi connectivity index (χ4v) is 2.04. The van der Waals surface area contributed by atoms with Gasteiger partial charge in [0.15, 0.2) is 0 Å². The smallest absolute Gasteiger partial charge is 0.323 e. The third kappa shape index (κ3) is 2.71. The van der Waals surface area contributed by atoms with Crippen LogP contribution in [0.25, 0.3) is 0 Å². The normalized spacial score (nSPS) is 20.7. The Labute approximate surface area is 92.5 Å². The highest BCUT2D eigenvalue weighted by atomic mass is 16.4. The summed E-state index contributed by atoms with van der Waals surface area (Å²) in [5, 5.41) is 9.34. The van der Waals surface area contributed by atoms with E-state index in [0.717, 1.165) is 12.5 Å². The molecule has 1 N–H and O–H groups in total. The van der Waals surface area contributed by atoms with Crippen molar-refractivity contribution in [2.75, 3.05) is 6.54 Å². The van der Waals surface area contributed by atoms with Gasteiger partial charge in [0.25, 0.3) is 0 Å². The number of aliphatic carboxylic acids is 1. The minimum Gasteiger partial charge on any atom is -0.480 e. The van der Waals surface area contributed by atoms with Crippen LogP contribution in [0.4, 0.5) is 0 Å². The number of carboxylic acids is 1. The van der Waals surface area contributed by atoms with Crippen LogP contribution >= 0.6 is 0 Å². The van der Waals surface area contributed by atoms with Gasteiger partial charge in [-0.05, 0) is 46.0 Å². The van der Waals surface area contributed by atoms with Gasteiger partial charge in [-0.2, -0.15) is 0 Å². The second-order valence-corrected chi connectivity index (χ2v) is 5.12. The van der Waals surface area contributed by atoms with E-state index in [4.69, 9.17) is 0 Å². The Morgan fingerprint density at radius 3 is 2.33 bits per heavy atom. The molecule has 1 fully saturated rings. The van der Waals surface area contributed by atoms with Crippen LogP contribution in [0.1, 0.15) is 47.0 Å². The van der Waals surface area contributed by atoms with Gasteiger partial charge in [0, 0.05) is 12.6 Å². The minimum absolute atomic E-state index is 0.298. The Morgan fingerprint density at radius 1 is 1.53 bits per heavy atom. The monoisotopic (exact) mass is 213 g/mol. The van der Waals surface area contributed by atoms with E-state index in [1.165, 1.54) is 12.8 Å². The van der Waals surface area contributed by atoms with E-state index in [-0.39, 0.29) is 0 Å². The maximum absolute atomic E-state index is 11.4. The molecule has 0 heterocycles.